The Morgan fingerprint density at radius 1 is 1.45 bits per heavy atom. The first-order valence-corrected chi connectivity index (χ1v) is 4.35. The molecule has 0 saturated heterocycles. The highest BCUT2D eigenvalue weighted by Crippen LogP contribution is 2.14. The second-order valence-electron chi connectivity index (χ2n) is 1.99. The van der Waals surface area contributed by atoms with Gasteiger partial charge in [-0.2, -0.15) is 0 Å². The Morgan fingerprint density at radius 3 is 2.91 bits per heavy atom. The zero-order chi connectivity index (χ0) is 8.10. The molecule has 0 saturated carbocycles. The van der Waals surface area contributed by atoms with Gasteiger partial charge in [-0.25, -0.2) is 4.39 Å². The molecule has 0 atom stereocenters. The molecular weight excluding hydrogens is 258 g/mol. The number of hydrogen-bond acceptors (Lipinski definition) is 1. The number of ether oxygens (including phenoxy) is 1. The first-order chi connectivity index (χ1) is 5.33. The van der Waals surface area contributed by atoms with E-state index in [0.717, 1.165) is 9.32 Å². The number of halogens is 2. The topological polar surface area (TPSA) is 9.23 Å². The van der Waals surface area contributed by atoms with Gasteiger partial charge in [0, 0.05) is 3.57 Å². The lowest BCUT2D eigenvalue weighted by atomic mass is 10.3. The zero-order valence-corrected chi connectivity index (χ0v) is 8.05. The largest absolute Gasteiger partial charge is 0.491 e. The Hall–Kier alpha value is -0.320. The van der Waals surface area contributed by atoms with Crippen LogP contribution in [0.3, 0.4) is 0 Å². The lowest BCUT2D eigenvalue weighted by Crippen LogP contribution is -1.98. The quantitative estimate of drug-likeness (QED) is 0.764. The van der Waals surface area contributed by atoms with Gasteiger partial charge in [0.15, 0.2) is 0 Å². The van der Waals surface area contributed by atoms with Gasteiger partial charge in [0.1, 0.15) is 19.0 Å². The summed E-state index contributed by atoms with van der Waals surface area (Å²) in [5.74, 6) is 0.731. The fourth-order valence-corrected chi connectivity index (χ4v) is 1.23. The van der Waals surface area contributed by atoms with Crippen molar-refractivity contribution in [2.45, 2.75) is 0 Å². The van der Waals surface area contributed by atoms with Gasteiger partial charge in [-0.3, -0.25) is 0 Å². The van der Waals surface area contributed by atoms with Gasteiger partial charge in [0.2, 0.25) is 0 Å². The molecule has 0 aromatic heterocycles. The van der Waals surface area contributed by atoms with Gasteiger partial charge in [-0.1, -0.05) is 6.07 Å². The van der Waals surface area contributed by atoms with Crippen molar-refractivity contribution in [2.75, 3.05) is 13.3 Å². The molecule has 0 N–H and O–H groups in total. The summed E-state index contributed by atoms with van der Waals surface area (Å²) in [7, 11) is 0. The highest BCUT2D eigenvalue weighted by molar-refractivity contribution is 14.1. The van der Waals surface area contributed by atoms with E-state index < -0.39 is 6.67 Å². The normalized spacial score (nSPS) is 9.64. The van der Waals surface area contributed by atoms with E-state index in [2.05, 4.69) is 22.6 Å². The molecule has 0 bridgehead atoms. The van der Waals surface area contributed by atoms with Crippen molar-refractivity contribution in [1.29, 1.82) is 0 Å². The average molecular weight is 266 g/mol. The standard InChI is InChI=1S/C8H8FIO/c9-4-5-11-8-3-1-2-7(10)6-8/h1-3,6H,4-5H2. The maximum Gasteiger partial charge on any atom is 0.123 e. The summed E-state index contributed by atoms with van der Waals surface area (Å²) in [5, 5.41) is 0. The molecule has 60 valence electrons. The molecule has 0 heterocycles. The third kappa shape index (κ3) is 3.05. The van der Waals surface area contributed by atoms with Crippen LogP contribution in [0.5, 0.6) is 5.75 Å². The second kappa shape index (κ2) is 4.54. The Kier molecular flexibility index (Phi) is 3.62. The van der Waals surface area contributed by atoms with Crippen LogP contribution in [-0.4, -0.2) is 13.3 Å². The maximum atomic E-state index is 11.7. The zero-order valence-electron chi connectivity index (χ0n) is 5.89. The van der Waals surface area contributed by atoms with Crippen molar-refractivity contribution in [2.24, 2.45) is 0 Å². The van der Waals surface area contributed by atoms with Gasteiger partial charge in [0.05, 0.1) is 0 Å². The highest BCUT2D eigenvalue weighted by Gasteiger charge is 1.92. The van der Waals surface area contributed by atoms with Gasteiger partial charge < -0.3 is 4.74 Å². The summed E-state index contributed by atoms with van der Waals surface area (Å²) in [6.07, 6.45) is 0. The molecule has 0 amide bonds. The predicted molar refractivity (Wildman–Crippen MR) is 50.6 cm³/mol. The van der Waals surface area contributed by atoms with Crippen LogP contribution in [0.25, 0.3) is 0 Å². The van der Waals surface area contributed by atoms with Crippen molar-refractivity contribution >= 4 is 22.6 Å². The highest BCUT2D eigenvalue weighted by atomic mass is 127. The Bertz CT molecular complexity index is 227. The van der Waals surface area contributed by atoms with Crippen molar-refractivity contribution in [3.8, 4) is 5.75 Å². The molecule has 0 unspecified atom stereocenters. The van der Waals surface area contributed by atoms with E-state index in [-0.39, 0.29) is 6.61 Å². The number of rotatable bonds is 3. The summed E-state index contributed by atoms with van der Waals surface area (Å²) < 4.78 is 17.8. The van der Waals surface area contributed by atoms with Gasteiger partial charge in [-0.15, -0.1) is 0 Å². The molecule has 3 heteroatoms. The van der Waals surface area contributed by atoms with Crippen LogP contribution in [0.4, 0.5) is 4.39 Å². The smallest absolute Gasteiger partial charge is 0.123 e. The van der Waals surface area contributed by atoms with Gasteiger partial charge in [0.25, 0.3) is 0 Å². The fourth-order valence-electron chi connectivity index (χ4n) is 0.713. The Morgan fingerprint density at radius 2 is 2.27 bits per heavy atom. The lowest BCUT2D eigenvalue weighted by molar-refractivity contribution is 0.273. The van der Waals surface area contributed by atoms with Gasteiger partial charge >= 0.3 is 0 Å². The maximum absolute atomic E-state index is 11.7. The van der Waals surface area contributed by atoms with E-state index in [9.17, 15) is 4.39 Å². The molecule has 0 radical (unpaired) electrons. The van der Waals surface area contributed by atoms with Crippen LogP contribution < -0.4 is 4.74 Å². The van der Waals surface area contributed by atoms with Crippen LogP contribution in [0.1, 0.15) is 0 Å². The van der Waals surface area contributed by atoms with Crippen LogP contribution in [0.15, 0.2) is 24.3 Å². The SMILES string of the molecule is FCCOc1cccc(I)c1. The average Bonchev–Trinajstić information content (AvgIpc) is 2.01. The minimum atomic E-state index is -0.439. The van der Waals surface area contributed by atoms with Crippen molar-refractivity contribution in [3.63, 3.8) is 0 Å². The van der Waals surface area contributed by atoms with E-state index >= 15 is 0 Å². The summed E-state index contributed by atoms with van der Waals surface area (Å²) in [6, 6.07) is 7.53. The van der Waals surface area contributed by atoms with E-state index in [0.29, 0.717) is 0 Å². The van der Waals surface area contributed by atoms with Crippen LogP contribution in [0, 0.1) is 3.57 Å². The van der Waals surface area contributed by atoms with E-state index in [1.807, 2.05) is 24.3 Å². The Balaban J connectivity index is 2.56. The first kappa shape index (κ1) is 8.77. The molecule has 0 spiro atoms. The minimum absolute atomic E-state index is 0.139. The van der Waals surface area contributed by atoms with Crippen LogP contribution in [-0.2, 0) is 0 Å². The van der Waals surface area contributed by atoms with E-state index in [4.69, 9.17) is 4.74 Å². The molecular formula is C8H8FIO. The molecule has 1 nitrogen and oxygen atoms in total. The van der Waals surface area contributed by atoms with Crippen LogP contribution >= 0.6 is 22.6 Å². The molecule has 1 rings (SSSR count). The van der Waals surface area contributed by atoms with Crippen molar-refractivity contribution in [1.82, 2.24) is 0 Å². The third-order valence-corrected chi connectivity index (χ3v) is 1.81. The summed E-state index contributed by atoms with van der Waals surface area (Å²) in [6.45, 7) is -0.300. The van der Waals surface area contributed by atoms with Crippen molar-refractivity contribution < 1.29 is 9.13 Å². The molecule has 1 aromatic rings. The summed E-state index contributed by atoms with van der Waals surface area (Å²) >= 11 is 2.18. The molecule has 11 heavy (non-hydrogen) atoms. The number of hydrogen-bond donors (Lipinski definition) is 0. The van der Waals surface area contributed by atoms with E-state index in [1.54, 1.807) is 0 Å². The minimum Gasteiger partial charge on any atom is -0.491 e. The molecule has 0 aliphatic carbocycles. The predicted octanol–water partition coefficient (Wildman–Crippen LogP) is 2.64. The van der Waals surface area contributed by atoms with Crippen LogP contribution in [0.2, 0.25) is 0 Å². The molecule has 0 aliphatic rings. The number of alkyl halides is 1. The van der Waals surface area contributed by atoms with Gasteiger partial charge in [-0.05, 0) is 40.8 Å². The summed E-state index contributed by atoms with van der Waals surface area (Å²) in [5.41, 5.74) is 0. The monoisotopic (exact) mass is 266 g/mol. The Labute approximate surface area is 78.7 Å². The molecule has 1 aromatic carbocycles. The summed E-state index contributed by atoms with van der Waals surface area (Å²) in [4.78, 5) is 0. The molecule has 0 fully saturated rings. The fraction of sp³-hybridized carbons (Fsp3) is 0.250. The van der Waals surface area contributed by atoms with E-state index in [1.165, 1.54) is 0 Å². The lowest BCUT2D eigenvalue weighted by Gasteiger charge is -2.02. The molecule has 0 aliphatic heterocycles. The second-order valence-corrected chi connectivity index (χ2v) is 3.24. The third-order valence-electron chi connectivity index (χ3n) is 1.14. The van der Waals surface area contributed by atoms with Crippen molar-refractivity contribution in [3.05, 3.63) is 27.8 Å². The first-order valence-electron chi connectivity index (χ1n) is 3.27. The number of benzene rings is 1.